The molecule has 0 aromatic carbocycles. The summed E-state index contributed by atoms with van der Waals surface area (Å²) in [5.41, 5.74) is 8.11. The average Bonchev–Trinajstić information content (AvgIpc) is 2.29. The molecule has 2 rings (SSSR count). The number of nitrogens with zero attached hydrogens (tertiary/aromatic N) is 4. The van der Waals surface area contributed by atoms with Crippen LogP contribution in [0.5, 0.6) is 0 Å². The summed E-state index contributed by atoms with van der Waals surface area (Å²) in [5, 5.41) is 0. The van der Waals surface area contributed by atoms with Crippen LogP contribution < -0.4 is 10.6 Å². The van der Waals surface area contributed by atoms with Crippen LogP contribution in [-0.4, -0.2) is 22.0 Å². The van der Waals surface area contributed by atoms with E-state index in [-0.39, 0.29) is 0 Å². The summed E-state index contributed by atoms with van der Waals surface area (Å²) < 4.78 is 0. The lowest BCUT2D eigenvalue weighted by atomic mass is 10.3. The van der Waals surface area contributed by atoms with E-state index in [4.69, 9.17) is 5.73 Å². The first-order chi connectivity index (χ1) is 8.15. The van der Waals surface area contributed by atoms with Crippen molar-refractivity contribution in [2.75, 3.05) is 17.7 Å². The van der Waals surface area contributed by atoms with Crippen molar-refractivity contribution in [3.05, 3.63) is 42.0 Å². The van der Waals surface area contributed by atoms with E-state index in [0.717, 1.165) is 11.4 Å². The predicted octanol–water partition coefficient (Wildman–Crippen LogP) is 1.40. The molecule has 0 spiro atoms. The van der Waals surface area contributed by atoms with Crippen molar-refractivity contribution in [2.24, 2.45) is 0 Å². The summed E-state index contributed by atoms with van der Waals surface area (Å²) >= 11 is 0. The Morgan fingerprint density at radius 1 is 1.24 bits per heavy atom. The second-order valence-corrected chi connectivity index (χ2v) is 3.94. The molecule has 2 heterocycles. The number of aryl methyl sites for hydroxylation is 1. The zero-order valence-electron chi connectivity index (χ0n) is 9.96. The Hall–Kier alpha value is -2.17. The molecule has 5 nitrogen and oxygen atoms in total. The van der Waals surface area contributed by atoms with Gasteiger partial charge in [0.25, 0.3) is 0 Å². The minimum atomic E-state index is 0.566. The van der Waals surface area contributed by atoms with Crippen molar-refractivity contribution in [1.82, 2.24) is 15.0 Å². The zero-order chi connectivity index (χ0) is 12.3. The number of nitrogen functional groups attached to an aromatic ring is 1. The van der Waals surface area contributed by atoms with Gasteiger partial charge in [0.15, 0.2) is 0 Å². The fourth-order valence-corrected chi connectivity index (χ4v) is 1.53. The molecule has 0 saturated heterocycles. The van der Waals surface area contributed by atoms with Crippen molar-refractivity contribution in [3.63, 3.8) is 0 Å². The summed E-state index contributed by atoms with van der Waals surface area (Å²) in [6, 6.07) is 5.96. The maximum Gasteiger partial charge on any atom is 0.225 e. The number of aromatic nitrogens is 3. The molecule has 0 aliphatic heterocycles. The van der Waals surface area contributed by atoms with Gasteiger partial charge in [0.05, 0.1) is 30.3 Å². The molecule has 5 heteroatoms. The van der Waals surface area contributed by atoms with Crippen LogP contribution in [0.15, 0.2) is 30.6 Å². The molecule has 2 N–H and O–H groups in total. The first kappa shape index (κ1) is 11.3. The monoisotopic (exact) mass is 229 g/mol. The Balaban J connectivity index is 2.11. The van der Waals surface area contributed by atoms with E-state index in [2.05, 4.69) is 15.0 Å². The number of rotatable bonds is 3. The highest BCUT2D eigenvalue weighted by molar-refractivity contribution is 5.37. The SMILES string of the molecule is Cc1cccc(CN(C)c2ncc(N)cn2)n1. The van der Waals surface area contributed by atoms with E-state index < -0.39 is 0 Å². The molecule has 0 saturated carbocycles. The second-order valence-electron chi connectivity index (χ2n) is 3.94. The minimum Gasteiger partial charge on any atom is -0.396 e. The van der Waals surface area contributed by atoms with Crippen molar-refractivity contribution < 1.29 is 0 Å². The highest BCUT2D eigenvalue weighted by Crippen LogP contribution is 2.09. The van der Waals surface area contributed by atoms with Crippen LogP contribution in [0.1, 0.15) is 11.4 Å². The van der Waals surface area contributed by atoms with Gasteiger partial charge in [-0.1, -0.05) is 6.07 Å². The van der Waals surface area contributed by atoms with E-state index >= 15 is 0 Å². The Morgan fingerprint density at radius 3 is 2.59 bits per heavy atom. The molecule has 0 unspecified atom stereocenters. The van der Waals surface area contributed by atoms with Crippen LogP contribution in [0.3, 0.4) is 0 Å². The van der Waals surface area contributed by atoms with Crippen LogP contribution >= 0.6 is 0 Å². The third-order valence-corrected chi connectivity index (χ3v) is 2.34. The lowest BCUT2D eigenvalue weighted by molar-refractivity contribution is 0.836. The Bertz CT molecular complexity index is 495. The predicted molar refractivity (Wildman–Crippen MR) is 67.5 cm³/mol. The lowest BCUT2D eigenvalue weighted by Gasteiger charge is -2.16. The van der Waals surface area contributed by atoms with Gasteiger partial charge in [0.1, 0.15) is 0 Å². The van der Waals surface area contributed by atoms with Crippen molar-refractivity contribution in [2.45, 2.75) is 13.5 Å². The smallest absolute Gasteiger partial charge is 0.225 e. The van der Waals surface area contributed by atoms with Gasteiger partial charge in [-0.05, 0) is 19.1 Å². The zero-order valence-corrected chi connectivity index (χ0v) is 9.96. The van der Waals surface area contributed by atoms with E-state index in [9.17, 15) is 0 Å². The summed E-state index contributed by atoms with van der Waals surface area (Å²) in [6.07, 6.45) is 3.20. The molecule has 0 atom stereocenters. The molecule has 0 fully saturated rings. The van der Waals surface area contributed by atoms with Crippen molar-refractivity contribution in [1.29, 1.82) is 0 Å². The second kappa shape index (κ2) is 4.78. The highest BCUT2D eigenvalue weighted by atomic mass is 15.2. The topological polar surface area (TPSA) is 67.9 Å². The summed E-state index contributed by atoms with van der Waals surface area (Å²) in [5.74, 6) is 0.641. The Morgan fingerprint density at radius 2 is 1.94 bits per heavy atom. The fourth-order valence-electron chi connectivity index (χ4n) is 1.53. The molecular formula is C12H15N5. The molecule has 0 bridgehead atoms. The number of hydrogen-bond donors (Lipinski definition) is 1. The first-order valence-electron chi connectivity index (χ1n) is 5.36. The van der Waals surface area contributed by atoms with E-state index in [1.807, 2.05) is 37.1 Å². The lowest BCUT2D eigenvalue weighted by Crippen LogP contribution is -2.19. The third kappa shape index (κ3) is 2.90. The fraction of sp³-hybridized carbons (Fsp3) is 0.250. The van der Waals surface area contributed by atoms with Crippen LogP contribution in [-0.2, 0) is 6.54 Å². The molecule has 17 heavy (non-hydrogen) atoms. The van der Waals surface area contributed by atoms with Gasteiger partial charge in [-0.15, -0.1) is 0 Å². The van der Waals surface area contributed by atoms with Crippen molar-refractivity contribution in [3.8, 4) is 0 Å². The van der Waals surface area contributed by atoms with Gasteiger partial charge < -0.3 is 10.6 Å². The molecule has 0 aliphatic carbocycles. The Kier molecular flexibility index (Phi) is 3.18. The molecule has 2 aromatic heterocycles. The van der Waals surface area contributed by atoms with Crippen LogP contribution in [0, 0.1) is 6.92 Å². The van der Waals surface area contributed by atoms with Crippen LogP contribution in [0.25, 0.3) is 0 Å². The summed E-state index contributed by atoms with van der Waals surface area (Å²) in [4.78, 5) is 14.7. The molecule has 88 valence electrons. The normalized spacial score (nSPS) is 10.2. The molecule has 0 amide bonds. The molecule has 0 radical (unpaired) electrons. The summed E-state index contributed by atoms with van der Waals surface area (Å²) in [6.45, 7) is 2.65. The van der Waals surface area contributed by atoms with E-state index in [0.29, 0.717) is 18.2 Å². The standard InChI is InChI=1S/C12H15N5/c1-9-4-3-5-11(16-9)8-17(2)12-14-6-10(13)7-15-12/h3-7H,8,13H2,1-2H3. The van der Waals surface area contributed by atoms with Crippen LogP contribution in [0.4, 0.5) is 11.6 Å². The average molecular weight is 229 g/mol. The number of pyridine rings is 1. The summed E-state index contributed by atoms with van der Waals surface area (Å²) in [7, 11) is 1.93. The van der Waals surface area contributed by atoms with E-state index in [1.54, 1.807) is 12.4 Å². The van der Waals surface area contributed by atoms with Gasteiger partial charge in [-0.2, -0.15) is 0 Å². The number of hydrogen-bond acceptors (Lipinski definition) is 5. The van der Waals surface area contributed by atoms with Gasteiger partial charge in [0.2, 0.25) is 5.95 Å². The van der Waals surface area contributed by atoms with Gasteiger partial charge in [-0.3, -0.25) is 4.98 Å². The first-order valence-corrected chi connectivity index (χ1v) is 5.36. The van der Waals surface area contributed by atoms with E-state index in [1.165, 1.54) is 0 Å². The molecule has 0 aliphatic rings. The number of anilines is 2. The minimum absolute atomic E-state index is 0.566. The number of nitrogens with two attached hydrogens (primary N) is 1. The van der Waals surface area contributed by atoms with Crippen LogP contribution in [0.2, 0.25) is 0 Å². The quantitative estimate of drug-likeness (QED) is 0.861. The molecular weight excluding hydrogens is 214 g/mol. The van der Waals surface area contributed by atoms with Gasteiger partial charge in [0, 0.05) is 12.7 Å². The maximum absolute atomic E-state index is 5.54. The largest absolute Gasteiger partial charge is 0.396 e. The third-order valence-electron chi connectivity index (χ3n) is 2.34. The maximum atomic E-state index is 5.54. The van der Waals surface area contributed by atoms with Crippen molar-refractivity contribution >= 4 is 11.6 Å². The Labute approximate surface area is 100 Å². The van der Waals surface area contributed by atoms with Gasteiger partial charge >= 0.3 is 0 Å². The highest BCUT2D eigenvalue weighted by Gasteiger charge is 2.05. The van der Waals surface area contributed by atoms with Gasteiger partial charge in [-0.25, -0.2) is 9.97 Å². The molecule has 2 aromatic rings.